The minimum atomic E-state index is 0.597. The fourth-order valence-corrected chi connectivity index (χ4v) is 1.19. The Kier molecular flexibility index (Phi) is 3.51. The quantitative estimate of drug-likeness (QED) is 0.346. The maximum atomic E-state index is 8.88. The van der Waals surface area contributed by atoms with Gasteiger partial charge in [-0.2, -0.15) is 0 Å². The number of benzene rings is 1. The molecule has 1 aromatic carbocycles. The van der Waals surface area contributed by atoms with Crippen LogP contribution in [0.4, 0.5) is 11.4 Å². The summed E-state index contributed by atoms with van der Waals surface area (Å²) < 4.78 is 0. The highest BCUT2D eigenvalue weighted by Crippen LogP contribution is 2.24. The molecule has 0 aliphatic carbocycles. The molecule has 0 spiro atoms. The maximum Gasteiger partial charge on any atom is 0.0891 e. The fourth-order valence-electron chi connectivity index (χ4n) is 1.19. The summed E-state index contributed by atoms with van der Waals surface area (Å²) >= 11 is 0. The first kappa shape index (κ1) is 9.79. The van der Waals surface area contributed by atoms with E-state index < -0.39 is 0 Å². The molecule has 0 aromatic heterocycles. The molecule has 0 bridgehead atoms. The third kappa shape index (κ3) is 2.09. The summed E-state index contributed by atoms with van der Waals surface area (Å²) in [7, 11) is 1.84. The largest absolute Gasteiger partial charge is 0.322 e. The van der Waals surface area contributed by atoms with Crippen LogP contribution in [0.3, 0.4) is 0 Å². The third-order valence-corrected chi connectivity index (χ3v) is 1.79. The molecule has 6 N–H and O–H groups in total. The molecule has 0 heterocycles. The smallest absolute Gasteiger partial charge is 0.0891 e. The van der Waals surface area contributed by atoms with Gasteiger partial charge in [-0.1, -0.05) is 12.1 Å². The van der Waals surface area contributed by atoms with Gasteiger partial charge in [0.05, 0.1) is 11.4 Å². The van der Waals surface area contributed by atoms with Crippen LogP contribution < -0.4 is 22.1 Å². The predicted molar refractivity (Wildman–Crippen MR) is 52.4 cm³/mol. The van der Waals surface area contributed by atoms with Gasteiger partial charge in [-0.05, 0) is 18.7 Å². The molecule has 0 aliphatic heterocycles. The number of nitrogens with one attached hydrogen (secondary N) is 3. The number of anilines is 2. The van der Waals surface area contributed by atoms with Crippen molar-refractivity contribution in [2.45, 2.75) is 6.54 Å². The van der Waals surface area contributed by atoms with Crippen LogP contribution in [0.2, 0.25) is 0 Å². The number of rotatable bonds is 4. The minimum absolute atomic E-state index is 0.597. The Morgan fingerprint density at radius 3 is 2.77 bits per heavy atom. The highest BCUT2D eigenvalue weighted by atomic mass is 16.5. The summed E-state index contributed by atoms with van der Waals surface area (Å²) in [5, 5.41) is 11.9. The van der Waals surface area contributed by atoms with Gasteiger partial charge in [0.2, 0.25) is 0 Å². The van der Waals surface area contributed by atoms with Gasteiger partial charge < -0.3 is 10.7 Å². The number of hydrogen-bond acceptors (Lipinski definition) is 5. The molecular weight excluding hydrogens is 168 g/mol. The van der Waals surface area contributed by atoms with Crippen LogP contribution >= 0.6 is 0 Å². The zero-order chi connectivity index (χ0) is 9.68. The van der Waals surface area contributed by atoms with Crippen molar-refractivity contribution in [3.63, 3.8) is 0 Å². The van der Waals surface area contributed by atoms with Gasteiger partial charge in [-0.15, -0.1) is 0 Å². The SMILES string of the molecule is CNCc1cccc(NN)c1NO. The van der Waals surface area contributed by atoms with Crippen molar-refractivity contribution < 1.29 is 5.21 Å². The lowest BCUT2D eigenvalue weighted by molar-refractivity contribution is 0.388. The Morgan fingerprint density at radius 2 is 2.23 bits per heavy atom. The zero-order valence-electron chi connectivity index (χ0n) is 7.46. The zero-order valence-corrected chi connectivity index (χ0v) is 7.46. The molecule has 0 radical (unpaired) electrons. The lowest BCUT2D eigenvalue weighted by Gasteiger charge is -2.12. The molecule has 0 unspecified atom stereocenters. The Labute approximate surface area is 76.9 Å². The van der Waals surface area contributed by atoms with Crippen LogP contribution in [0, 0.1) is 0 Å². The summed E-state index contributed by atoms with van der Waals surface area (Å²) in [6.07, 6.45) is 0. The first-order valence-electron chi connectivity index (χ1n) is 3.96. The van der Waals surface area contributed by atoms with Gasteiger partial charge >= 0.3 is 0 Å². The molecular formula is C8H14N4O. The van der Waals surface area contributed by atoms with E-state index in [2.05, 4.69) is 16.2 Å². The number of hydrogen-bond donors (Lipinski definition) is 5. The Bertz CT molecular complexity index is 277. The van der Waals surface area contributed by atoms with Crippen LogP contribution in [-0.2, 0) is 6.54 Å². The number of para-hydroxylation sites is 1. The first-order chi connectivity index (χ1) is 6.33. The van der Waals surface area contributed by atoms with Crippen molar-refractivity contribution in [2.24, 2.45) is 5.84 Å². The lowest BCUT2D eigenvalue weighted by atomic mass is 10.1. The minimum Gasteiger partial charge on any atom is -0.322 e. The molecule has 5 heteroatoms. The number of hydrazine groups is 1. The highest BCUT2D eigenvalue weighted by Gasteiger charge is 2.04. The maximum absolute atomic E-state index is 8.88. The van der Waals surface area contributed by atoms with E-state index in [0.717, 1.165) is 5.56 Å². The second-order valence-electron chi connectivity index (χ2n) is 2.63. The summed E-state index contributed by atoms with van der Waals surface area (Å²) in [4.78, 5) is 0. The summed E-state index contributed by atoms with van der Waals surface area (Å²) in [6.45, 7) is 0.665. The average molecular weight is 182 g/mol. The van der Waals surface area contributed by atoms with E-state index in [9.17, 15) is 0 Å². The lowest BCUT2D eigenvalue weighted by Crippen LogP contribution is -2.13. The number of nitrogens with two attached hydrogens (primary N) is 1. The van der Waals surface area contributed by atoms with Gasteiger partial charge in [-0.3, -0.25) is 16.5 Å². The summed E-state index contributed by atoms with van der Waals surface area (Å²) in [5.41, 5.74) is 6.82. The van der Waals surface area contributed by atoms with Crippen LogP contribution in [0.5, 0.6) is 0 Å². The Balaban J connectivity index is 3.03. The van der Waals surface area contributed by atoms with E-state index in [1.807, 2.05) is 19.2 Å². The van der Waals surface area contributed by atoms with Crippen molar-refractivity contribution in [1.82, 2.24) is 5.32 Å². The molecule has 0 saturated heterocycles. The predicted octanol–water partition coefficient (Wildman–Crippen LogP) is 0.493. The van der Waals surface area contributed by atoms with E-state index >= 15 is 0 Å². The molecule has 0 saturated carbocycles. The van der Waals surface area contributed by atoms with E-state index in [4.69, 9.17) is 11.0 Å². The second-order valence-corrected chi connectivity index (χ2v) is 2.63. The van der Waals surface area contributed by atoms with E-state index in [-0.39, 0.29) is 0 Å². The van der Waals surface area contributed by atoms with E-state index in [1.54, 1.807) is 6.07 Å². The van der Waals surface area contributed by atoms with Crippen molar-refractivity contribution in [1.29, 1.82) is 0 Å². The van der Waals surface area contributed by atoms with E-state index in [0.29, 0.717) is 17.9 Å². The number of nitrogen functional groups attached to an aromatic ring is 1. The van der Waals surface area contributed by atoms with E-state index in [1.165, 1.54) is 0 Å². The Morgan fingerprint density at radius 1 is 1.46 bits per heavy atom. The molecule has 0 atom stereocenters. The van der Waals surface area contributed by atoms with Crippen LogP contribution in [-0.4, -0.2) is 12.3 Å². The van der Waals surface area contributed by atoms with Gasteiger partial charge in [-0.25, -0.2) is 0 Å². The molecule has 1 aromatic rings. The van der Waals surface area contributed by atoms with Crippen molar-refractivity contribution in [3.05, 3.63) is 23.8 Å². The van der Waals surface area contributed by atoms with Crippen LogP contribution in [0.15, 0.2) is 18.2 Å². The fraction of sp³-hybridized carbons (Fsp3) is 0.250. The van der Waals surface area contributed by atoms with Gasteiger partial charge in [0.15, 0.2) is 0 Å². The van der Waals surface area contributed by atoms with Crippen LogP contribution in [0.1, 0.15) is 5.56 Å². The highest BCUT2D eigenvalue weighted by molar-refractivity contribution is 5.71. The molecule has 72 valence electrons. The average Bonchev–Trinajstić information content (AvgIpc) is 2.18. The van der Waals surface area contributed by atoms with Gasteiger partial charge in [0.25, 0.3) is 0 Å². The van der Waals surface area contributed by atoms with Gasteiger partial charge in [0, 0.05) is 6.54 Å². The molecule has 5 nitrogen and oxygen atoms in total. The van der Waals surface area contributed by atoms with Crippen molar-refractivity contribution in [2.75, 3.05) is 18.0 Å². The molecule has 0 fully saturated rings. The molecule has 1 rings (SSSR count). The standard InChI is InChI=1S/C8H14N4O/c1-10-5-6-3-2-4-7(11-9)8(6)12-13/h2-4,10-13H,5,9H2,1H3. The molecule has 13 heavy (non-hydrogen) atoms. The Hall–Kier alpha value is -1.30. The van der Waals surface area contributed by atoms with Crippen LogP contribution in [0.25, 0.3) is 0 Å². The topological polar surface area (TPSA) is 82.3 Å². The monoisotopic (exact) mass is 182 g/mol. The summed E-state index contributed by atoms with van der Waals surface area (Å²) in [6, 6.07) is 5.54. The molecule has 0 amide bonds. The second kappa shape index (κ2) is 4.66. The molecule has 0 aliphatic rings. The summed E-state index contributed by atoms with van der Waals surface area (Å²) in [5.74, 6) is 5.27. The van der Waals surface area contributed by atoms with Crippen molar-refractivity contribution >= 4 is 11.4 Å². The van der Waals surface area contributed by atoms with Gasteiger partial charge in [0.1, 0.15) is 0 Å². The normalized spacial score (nSPS) is 9.77. The third-order valence-electron chi connectivity index (χ3n) is 1.79. The van der Waals surface area contributed by atoms with Crippen molar-refractivity contribution in [3.8, 4) is 0 Å². The first-order valence-corrected chi connectivity index (χ1v) is 3.96.